The van der Waals surface area contributed by atoms with E-state index in [2.05, 4.69) is 11.4 Å². The number of hydrogen-bond acceptors (Lipinski definition) is 3. The lowest BCUT2D eigenvalue weighted by atomic mass is 10.0. The Balaban J connectivity index is 1.88. The van der Waals surface area contributed by atoms with Crippen molar-refractivity contribution in [1.82, 2.24) is 0 Å². The molecule has 0 radical (unpaired) electrons. The van der Waals surface area contributed by atoms with Gasteiger partial charge in [0.05, 0.1) is 5.70 Å². The number of nitrogens with one attached hydrogen (secondary N) is 1. The molecule has 0 amide bonds. The number of ketones is 1. The molecule has 0 saturated heterocycles. The molecule has 0 unspecified atom stereocenters. The summed E-state index contributed by atoms with van der Waals surface area (Å²) >= 11 is 1.63. The van der Waals surface area contributed by atoms with E-state index in [1.165, 1.54) is 0 Å². The van der Waals surface area contributed by atoms with Crippen LogP contribution in [0.2, 0.25) is 0 Å². The first kappa shape index (κ1) is 14.7. The van der Waals surface area contributed by atoms with E-state index in [9.17, 15) is 4.79 Å². The summed E-state index contributed by atoms with van der Waals surface area (Å²) in [4.78, 5) is 14.2. The molecule has 3 aromatic rings. The van der Waals surface area contributed by atoms with Crippen LogP contribution in [0.3, 0.4) is 0 Å². The molecule has 24 heavy (non-hydrogen) atoms. The lowest BCUT2D eigenvalue weighted by Gasteiger charge is -2.13. The van der Waals surface area contributed by atoms with Gasteiger partial charge in [0.15, 0.2) is 0 Å². The highest BCUT2D eigenvalue weighted by molar-refractivity contribution is 7.11. The van der Waals surface area contributed by atoms with Crippen molar-refractivity contribution < 1.29 is 4.79 Å². The highest BCUT2D eigenvalue weighted by atomic mass is 32.1. The second kappa shape index (κ2) is 6.30. The van der Waals surface area contributed by atoms with E-state index in [1.807, 2.05) is 78.2 Å². The predicted molar refractivity (Wildman–Crippen MR) is 101 cm³/mol. The molecular weight excluding hydrogens is 314 g/mol. The van der Waals surface area contributed by atoms with E-state index in [1.54, 1.807) is 11.3 Å². The predicted octanol–water partition coefficient (Wildman–Crippen LogP) is 5.48. The van der Waals surface area contributed by atoms with E-state index < -0.39 is 0 Å². The normalized spacial score (nSPS) is 13.2. The van der Waals surface area contributed by atoms with E-state index >= 15 is 0 Å². The molecule has 2 aromatic carbocycles. The third-order valence-corrected chi connectivity index (χ3v) is 4.87. The molecule has 2 heterocycles. The number of rotatable bonds is 3. The number of Topliss-reactive ketones (excluding diaryl/α,β-unsaturated/α-hetero) is 1. The Labute approximate surface area is 144 Å². The van der Waals surface area contributed by atoms with Crippen molar-refractivity contribution in [3.63, 3.8) is 0 Å². The molecule has 4 rings (SSSR count). The number of thiophene rings is 1. The fourth-order valence-electron chi connectivity index (χ4n) is 2.76. The molecule has 1 aliphatic rings. The minimum atomic E-state index is 0.000327. The van der Waals surface area contributed by atoms with Gasteiger partial charge in [0.25, 0.3) is 0 Å². The van der Waals surface area contributed by atoms with Crippen LogP contribution >= 0.6 is 11.3 Å². The molecule has 116 valence electrons. The SMILES string of the molecule is O=C(C1=C(c2cccs2)C=Cc2ccccc2N1)c1ccccc1. The third-order valence-electron chi connectivity index (χ3n) is 3.97. The summed E-state index contributed by atoms with van der Waals surface area (Å²) in [5.41, 5.74) is 4.24. The van der Waals surface area contributed by atoms with Gasteiger partial charge in [-0.25, -0.2) is 0 Å². The number of benzene rings is 2. The molecule has 1 aliphatic heterocycles. The average molecular weight is 329 g/mol. The van der Waals surface area contributed by atoms with Gasteiger partial charge >= 0.3 is 0 Å². The molecule has 2 nitrogen and oxygen atoms in total. The summed E-state index contributed by atoms with van der Waals surface area (Å²) in [5, 5.41) is 5.40. The van der Waals surface area contributed by atoms with Gasteiger partial charge in [0.2, 0.25) is 5.78 Å². The Kier molecular flexibility index (Phi) is 3.85. The molecule has 0 aliphatic carbocycles. The zero-order valence-corrected chi connectivity index (χ0v) is 13.7. The van der Waals surface area contributed by atoms with Crippen molar-refractivity contribution in [2.45, 2.75) is 0 Å². The van der Waals surface area contributed by atoms with Crippen molar-refractivity contribution in [2.24, 2.45) is 0 Å². The number of carbonyl (C=O) groups is 1. The number of allylic oxidation sites excluding steroid dienone is 3. The second-order valence-corrected chi connectivity index (χ2v) is 6.45. The average Bonchev–Trinajstić information content (AvgIpc) is 3.09. The monoisotopic (exact) mass is 329 g/mol. The van der Waals surface area contributed by atoms with Gasteiger partial charge in [-0.05, 0) is 23.1 Å². The zero-order valence-electron chi connectivity index (χ0n) is 12.9. The first-order valence-corrected chi connectivity index (χ1v) is 8.63. The quantitative estimate of drug-likeness (QED) is 0.645. The first-order chi connectivity index (χ1) is 11.8. The van der Waals surface area contributed by atoms with Gasteiger partial charge in [0.1, 0.15) is 0 Å². The third kappa shape index (κ3) is 2.70. The van der Waals surface area contributed by atoms with Crippen LogP contribution in [0, 0.1) is 0 Å². The molecule has 0 atom stereocenters. The fraction of sp³-hybridized carbons (Fsp3) is 0. The Hall–Kier alpha value is -2.91. The highest BCUT2D eigenvalue weighted by Crippen LogP contribution is 2.32. The van der Waals surface area contributed by atoms with Crippen LogP contribution in [0.4, 0.5) is 5.69 Å². The minimum absolute atomic E-state index is 0.000327. The van der Waals surface area contributed by atoms with Crippen LogP contribution in [-0.4, -0.2) is 5.78 Å². The summed E-state index contributed by atoms with van der Waals surface area (Å²) in [7, 11) is 0. The number of anilines is 1. The van der Waals surface area contributed by atoms with Gasteiger partial charge in [-0.3, -0.25) is 4.79 Å². The molecule has 0 spiro atoms. The van der Waals surface area contributed by atoms with Gasteiger partial charge in [-0.2, -0.15) is 0 Å². The van der Waals surface area contributed by atoms with E-state index in [4.69, 9.17) is 0 Å². The maximum atomic E-state index is 13.1. The van der Waals surface area contributed by atoms with Crippen molar-refractivity contribution in [3.05, 3.63) is 99.9 Å². The van der Waals surface area contributed by atoms with Crippen molar-refractivity contribution in [3.8, 4) is 0 Å². The Morgan fingerprint density at radius 1 is 0.833 bits per heavy atom. The lowest BCUT2D eigenvalue weighted by molar-refractivity contribution is 0.103. The molecule has 0 bridgehead atoms. The number of fused-ring (bicyclic) bond motifs is 1. The Morgan fingerprint density at radius 3 is 2.42 bits per heavy atom. The van der Waals surface area contributed by atoms with Gasteiger partial charge in [-0.1, -0.05) is 66.7 Å². The largest absolute Gasteiger partial charge is 0.351 e. The highest BCUT2D eigenvalue weighted by Gasteiger charge is 2.20. The van der Waals surface area contributed by atoms with Crippen molar-refractivity contribution in [2.75, 3.05) is 5.32 Å². The fourth-order valence-corrected chi connectivity index (χ4v) is 3.52. The molecule has 3 heteroatoms. The van der Waals surface area contributed by atoms with Crippen LogP contribution in [0.15, 0.2) is 83.9 Å². The van der Waals surface area contributed by atoms with Gasteiger partial charge in [-0.15, -0.1) is 11.3 Å². The zero-order chi connectivity index (χ0) is 16.4. The summed E-state index contributed by atoms with van der Waals surface area (Å²) < 4.78 is 0. The summed E-state index contributed by atoms with van der Waals surface area (Å²) in [6, 6.07) is 21.5. The van der Waals surface area contributed by atoms with Crippen LogP contribution < -0.4 is 5.32 Å². The molecule has 0 fully saturated rings. The van der Waals surface area contributed by atoms with E-state index in [0.29, 0.717) is 11.3 Å². The summed E-state index contributed by atoms with van der Waals surface area (Å²) in [5.74, 6) is 0.000327. The number of para-hydroxylation sites is 1. The topological polar surface area (TPSA) is 29.1 Å². The van der Waals surface area contributed by atoms with E-state index in [0.717, 1.165) is 21.7 Å². The Morgan fingerprint density at radius 2 is 1.62 bits per heavy atom. The van der Waals surface area contributed by atoms with Crippen molar-refractivity contribution >= 4 is 34.5 Å². The van der Waals surface area contributed by atoms with Gasteiger partial charge in [0, 0.05) is 21.7 Å². The maximum Gasteiger partial charge on any atom is 0.209 e. The summed E-state index contributed by atoms with van der Waals surface area (Å²) in [6.07, 6.45) is 4.09. The smallest absolute Gasteiger partial charge is 0.209 e. The van der Waals surface area contributed by atoms with Crippen LogP contribution in [-0.2, 0) is 0 Å². The summed E-state index contributed by atoms with van der Waals surface area (Å²) in [6.45, 7) is 0. The molecule has 1 N–H and O–H groups in total. The molecular formula is C21H15NOS. The van der Waals surface area contributed by atoms with Crippen LogP contribution in [0.25, 0.3) is 11.6 Å². The first-order valence-electron chi connectivity index (χ1n) is 7.75. The van der Waals surface area contributed by atoms with Gasteiger partial charge < -0.3 is 5.32 Å². The maximum absolute atomic E-state index is 13.1. The van der Waals surface area contributed by atoms with E-state index in [-0.39, 0.29) is 5.78 Å². The standard InChI is InChI=1S/C21H15NOS/c23-21(16-8-2-1-3-9-16)20-17(19-11-6-14-24-19)13-12-15-7-4-5-10-18(15)22-20/h1-14,22H. The molecule has 0 saturated carbocycles. The lowest BCUT2D eigenvalue weighted by Crippen LogP contribution is -2.13. The van der Waals surface area contributed by atoms with Crippen LogP contribution in [0.5, 0.6) is 0 Å². The number of hydrogen-bond donors (Lipinski definition) is 1. The second-order valence-electron chi connectivity index (χ2n) is 5.51. The molecule has 1 aromatic heterocycles. The van der Waals surface area contributed by atoms with Crippen molar-refractivity contribution in [1.29, 1.82) is 0 Å². The Bertz CT molecular complexity index is 937. The van der Waals surface area contributed by atoms with Crippen LogP contribution in [0.1, 0.15) is 20.8 Å². The minimum Gasteiger partial charge on any atom is -0.351 e. The number of carbonyl (C=O) groups excluding carboxylic acids is 1.